The van der Waals surface area contributed by atoms with Crippen LogP contribution >= 0.6 is 0 Å². The minimum atomic E-state index is -0.134. The van der Waals surface area contributed by atoms with Crippen LogP contribution in [0.3, 0.4) is 0 Å². The van der Waals surface area contributed by atoms with Crippen molar-refractivity contribution >= 4 is 17.7 Å². The second kappa shape index (κ2) is 10.3. The first-order valence-electron chi connectivity index (χ1n) is 11.6. The highest BCUT2D eigenvalue weighted by atomic mass is 16.5. The summed E-state index contributed by atoms with van der Waals surface area (Å²) < 4.78 is 10.4. The van der Waals surface area contributed by atoms with Gasteiger partial charge >= 0.3 is 0 Å². The van der Waals surface area contributed by atoms with Crippen LogP contribution in [-0.2, 0) is 25.5 Å². The SMILES string of the molecule is COc1ccc(CC(=O)N2CCCC(C(=O)N3CCC(N4CCOCC4=O)CC3)C2)cc1. The summed E-state index contributed by atoms with van der Waals surface area (Å²) >= 11 is 0. The van der Waals surface area contributed by atoms with Crippen LogP contribution in [0.5, 0.6) is 5.75 Å². The molecule has 3 fully saturated rings. The molecule has 8 heteroatoms. The Morgan fingerprint density at radius 2 is 1.78 bits per heavy atom. The van der Waals surface area contributed by atoms with Crippen molar-refractivity contribution in [3.05, 3.63) is 29.8 Å². The average Bonchev–Trinajstić information content (AvgIpc) is 2.84. The van der Waals surface area contributed by atoms with E-state index >= 15 is 0 Å². The van der Waals surface area contributed by atoms with E-state index in [-0.39, 0.29) is 36.3 Å². The maximum absolute atomic E-state index is 13.2. The lowest BCUT2D eigenvalue weighted by atomic mass is 9.94. The number of methoxy groups -OCH3 is 1. The molecule has 32 heavy (non-hydrogen) atoms. The zero-order chi connectivity index (χ0) is 22.5. The summed E-state index contributed by atoms with van der Waals surface area (Å²) in [4.78, 5) is 43.8. The third kappa shape index (κ3) is 5.23. The smallest absolute Gasteiger partial charge is 0.248 e. The molecule has 0 aliphatic carbocycles. The van der Waals surface area contributed by atoms with Gasteiger partial charge in [0.15, 0.2) is 0 Å². The largest absolute Gasteiger partial charge is 0.497 e. The molecule has 3 heterocycles. The van der Waals surface area contributed by atoms with Crippen LogP contribution in [0.1, 0.15) is 31.2 Å². The van der Waals surface area contributed by atoms with Gasteiger partial charge in [-0.2, -0.15) is 0 Å². The Morgan fingerprint density at radius 3 is 2.47 bits per heavy atom. The molecule has 4 rings (SSSR count). The molecule has 1 aromatic rings. The number of carbonyl (C=O) groups is 3. The highest BCUT2D eigenvalue weighted by Gasteiger charge is 2.35. The molecule has 3 amide bonds. The number of nitrogens with zero attached hydrogens (tertiary/aromatic N) is 3. The summed E-state index contributed by atoms with van der Waals surface area (Å²) in [5, 5.41) is 0. The standard InChI is InChI=1S/C24H33N3O5/c1-31-21-6-4-18(5-7-21)15-22(28)26-10-2-3-19(16-26)24(30)25-11-8-20(9-12-25)27-13-14-32-17-23(27)29/h4-7,19-20H,2-3,8-17H2,1H3. The van der Waals surface area contributed by atoms with E-state index in [1.54, 1.807) is 7.11 Å². The number of amides is 3. The van der Waals surface area contributed by atoms with Crippen molar-refractivity contribution in [1.82, 2.24) is 14.7 Å². The minimum absolute atomic E-state index is 0.0549. The van der Waals surface area contributed by atoms with Gasteiger partial charge in [-0.05, 0) is 43.4 Å². The van der Waals surface area contributed by atoms with E-state index in [1.807, 2.05) is 39.0 Å². The Hall–Kier alpha value is -2.61. The monoisotopic (exact) mass is 443 g/mol. The van der Waals surface area contributed by atoms with Crippen molar-refractivity contribution in [3.8, 4) is 5.75 Å². The molecule has 0 spiro atoms. The van der Waals surface area contributed by atoms with Gasteiger partial charge in [0, 0.05) is 38.8 Å². The lowest BCUT2D eigenvalue weighted by Crippen LogP contribution is -2.54. The van der Waals surface area contributed by atoms with Crippen molar-refractivity contribution in [2.24, 2.45) is 5.92 Å². The average molecular weight is 444 g/mol. The molecule has 3 saturated heterocycles. The Balaban J connectivity index is 1.27. The van der Waals surface area contributed by atoms with Crippen molar-refractivity contribution in [1.29, 1.82) is 0 Å². The van der Waals surface area contributed by atoms with E-state index in [0.29, 0.717) is 45.8 Å². The van der Waals surface area contributed by atoms with Crippen LogP contribution < -0.4 is 4.74 Å². The van der Waals surface area contributed by atoms with E-state index in [4.69, 9.17) is 9.47 Å². The summed E-state index contributed by atoms with van der Waals surface area (Å²) in [5.41, 5.74) is 0.948. The van der Waals surface area contributed by atoms with Crippen LogP contribution in [0.2, 0.25) is 0 Å². The molecule has 8 nitrogen and oxygen atoms in total. The molecule has 0 N–H and O–H groups in total. The lowest BCUT2D eigenvalue weighted by Gasteiger charge is -2.41. The number of hydrogen-bond acceptors (Lipinski definition) is 5. The fraction of sp³-hybridized carbons (Fsp3) is 0.625. The predicted molar refractivity (Wildman–Crippen MR) is 118 cm³/mol. The van der Waals surface area contributed by atoms with Crippen LogP contribution in [-0.4, -0.2) is 91.5 Å². The molecule has 3 aliphatic heterocycles. The van der Waals surface area contributed by atoms with Crippen LogP contribution in [0.15, 0.2) is 24.3 Å². The minimum Gasteiger partial charge on any atom is -0.497 e. The number of ether oxygens (including phenoxy) is 2. The van der Waals surface area contributed by atoms with Crippen molar-refractivity contribution in [2.75, 3.05) is 53.0 Å². The number of rotatable bonds is 5. The molecular weight excluding hydrogens is 410 g/mol. The Labute approximate surface area is 189 Å². The number of piperidine rings is 2. The van der Waals surface area contributed by atoms with E-state index in [2.05, 4.69) is 0 Å². The maximum Gasteiger partial charge on any atom is 0.248 e. The molecule has 0 radical (unpaired) electrons. The predicted octanol–water partition coefficient (Wildman–Crippen LogP) is 1.33. The van der Waals surface area contributed by atoms with Crippen LogP contribution in [0.4, 0.5) is 0 Å². The zero-order valence-corrected chi connectivity index (χ0v) is 18.8. The second-order valence-corrected chi connectivity index (χ2v) is 8.90. The molecule has 0 aromatic heterocycles. The van der Waals surface area contributed by atoms with E-state index in [0.717, 1.165) is 37.0 Å². The fourth-order valence-electron chi connectivity index (χ4n) is 5.01. The summed E-state index contributed by atoms with van der Waals surface area (Å²) in [6, 6.07) is 7.74. The Kier molecular flexibility index (Phi) is 7.29. The first-order valence-corrected chi connectivity index (χ1v) is 11.6. The second-order valence-electron chi connectivity index (χ2n) is 8.90. The van der Waals surface area contributed by atoms with Gasteiger partial charge in [0.2, 0.25) is 17.7 Å². The molecule has 0 saturated carbocycles. The van der Waals surface area contributed by atoms with Gasteiger partial charge < -0.3 is 24.2 Å². The number of benzene rings is 1. The lowest BCUT2D eigenvalue weighted by molar-refractivity contribution is -0.148. The van der Waals surface area contributed by atoms with Crippen molar-refractivity contribution < 1.29 is 23.9 Å². The highest BCUT2D eigenvalue weighted by Crippen LogP contribution is 2.24. The number of morpholine rings is 1. The number of carbonyl (C=O) groups excluding carboxylic acids is 3. The van der Waals surface area contributed by atoms with Gasteiger partial charge in [0.25, 0.3) is 0 Å². The molecule has 174 valence electrons. The van der Waals surface area contributed by atoms with E-state index in [1.165, 1.54) is 0 Å². The molecule has 3 aliphatic rings. The Bertz CT molecular complexity index is 819. The quantitative estimate of drug-likeness (QED) is 0.686. The van der Waals surface area contributed by atoms with Gasteiger partial charge in [-0.15, -0.1) is 0 Å². The van der Waals surface area contributed by atoms with Gasteiger partial charge in [0.05, 0.1) is 26.1 Å². The van der Waals surface area contributed by atoms with Gasteiger partial charge in [-0.25, -0.2) is 0 Å². The summed E-state index contributed by atoms with van der Waals surface area (Å²) in [6.45, 7) is 3.95. The zero-order valence-electron chi connectivity index (χ0n) is 18.8. The van der Waals surface area contributed by atoms with Crippen molar-refractivity contribution in [2.45, 2.75) is 38.1 Å². The van der Waals surface area contributed by atoms with E-state index in [9.17, 15) is 14.4 Å². The Morgan fingerprint density at radius 1 is 1.03 bits per heavy atom. The van der Waals surface area contributed by atoms with Crippen LogP contribution in [0, 0.1) is 5.92 Å². The fourth-order valence-corrected chi connectivity index (χ4v) is 5.01. The first kappa shape index (κ1) is 22.6. The summed E-state index contributed by atoms with van der Waals surface area (Å²) in [5.74, 6) is 0.909. The maximum atomic E-state index is 13.2. The van der Waals surface area contributed by atoms with Crippen molar-refractivity contribution in [3.63, 3.8) is 0 Å². The molecule has 1 atom stereocenters. The highest BCUT2D eigenvalue weighted by molar-refractivity contribution is 5.82. The third-order valence-corrected chi connectivity index (χ3v) is 6.88. The van der Waals surface area contributed by atoms with Crippen LogP contribution in [0.25, 0.3) is 0 Å². The molecule has 0 bridgehead atoms. The molecule has 1 unspecified atom stereocenters. The normalized spacial score (nSPS) is 22.7. The summed E-state index contributed by atoms with van der Waals surface area (Å²) in [6.07, 6.45) is 3.63. The number of hydrogen-bond donors (Lipinski definition) is 0. The van der Waals surface area contributed by atoms with E-state index < -0.39 is 0 Å². The van der Waals surface area contributed by atoms with Gasteiger partial charge in [-0.1, -0.05) is 12.1 Å². The molecule has 1 aromatic carbocycles. The number of likely N-dealkylation sites (tertiary alicyclic amines) is 2. The first-order chi connectivity index (χ1) is 15.5. The third-order valence-electron chi connectivity index (χ3n) is 6.88. The summed E-state index contributed by atoms with van der Waals surface area (Å²) in [7, 11) is 1.62. The molecular formula is C24H33N3O5. The topological polar surface area (TPSA) is 79.4 Å². The van der Waals surface area contributed by atoms with Gasteiger partial charge in [-0.3, -0.25) is 14.4 Å². The van der Waals surface area contributed by atoms with Gasteiger partial charge in [0.1, 0.15) is 12.4 Å².